The van der Waals surface area contributed by atoms with E-state index in [9.17, 15) is 0 Å². The highest BCUT2D eigenvalue weighted by Gasteiger charge is 2.46. The van der Waals surface area contributed by atoms with Crippen LogP contribution in [0.15, 0.2) is 24.3 Å². The molecule has 0 amide bonds. The fourth-order valence-corrected chi connectivity index (χ4v) is 3.83. The highest BCUT2D eigenvalue weighted by atomic mass is 15.1. The van der Waals surface area contributed by atoms with Crippen molar-refractivity contribution < 1.29 is 0 Å². The summed E-state index contributed by atoms with van der Waals surface area (Å²) in [5.41, 5.74) is 3.20. The maximum absolute atomic E-state index is 3.79. The Balaban J connectivity index is 1.65. The third-order valence-electron chi connectivity index (χ3n) is 5.24. The van der Waals surface area contributed by atoms with Gasteiger partial charge >= 0.3 is 0 Å². The summed E-state index contributed by atoms with van der Waals surface area (Å²) >= 11 is 0. The molecule has 0 aromatic heterocycles. The van der Waals surface area contributed by atoms with Crippen LogP contribution in [0, 0.1) is 5.41 Å². The minimum absolute atomic E-state index is 0.637. The number of hydrogen-bond acceptors (Lipinski definition) is 2. The maximum atomic E-state index is 3.79. The van der Waals surface area contributed by atoms with Crippen molar-refractivity contribution in [2.24, 2.45) is 5.41 Å². The largest absolute Gasteiger partial charge is 0.382 e. The molecule has 1 unspecified atom stereocenters. The van der Waals surface area contributed by atoms with Crippen LogP contribution in [0.2, 0.25) is 0 Å². The number of hydrogen-bond donors (Lipinski definition) is 1. The van der Waals surface area contributed by atoms with E-state index in [2.05, 4.69) is 48.6 Å². The SMILES string of the molecule is CN(C)c1ccc(NC2CCC23CCCCC3)cc1. The quantitative estimate of drug-likeness (QED) is 0.870. The van der Waals surface area contributed by atoms with Crippen LogP contribution in [-0.4, -0.2) is 20.1 Å². The van der Waals surface area contributed by atoms with Gasteiger partial charge in [0.05, 0.1) is 0 Å². The number of nitrogens with one attached hydrogen (secondary N) is 1. The molecule has 1 spiro atoms. The number of rotatable bonds is 3. The van der Waals surface area contributed by atoms with Crippen molar-refractivity contribution in [1.82, 2.24) is 0 Å². The Hall–Kier alpha value is -1.18. The maximum Gasteiger partial charge on any atom is 0.0362 e. The van der Waals surface area contributed by atoms with E-state index >= 15 is 0 Å². The van der Waals surface area contributed by atoms with Crippen molar-refractivity contribution in [3.05, 3.63) is 24.3 Å². The molecule has 3 rings (SSSR count). The van der Waals surface area contributed by atoms with E-state index in [1.807, 2.05) is 0 Å². The van der Waals surface area contributed by atoms with Gasteiger partial charge in [-0.2, -0.15) is 0 Å². The van der Waals surface area contributed by atoms with Gasteiger partial charge in [-0.05, 0) is 55.4 Å². The smallest absolute Gasteiger partial charge is 0.0362 e. The van der Waals surface area contributed by atoms with Crippen LogP contribution in [0.3, 0.4) is 0 Å². The number of benzene rings is 1. The van der Waals surface area contributed by atoms with E-state index < -0.39 is 0 Å². The molecule has 0 saturated heterocycles. The summed E-state index contributed by atoms with van der Waals surface area (Å²) in [6.45, 7) is 0. The van der Waals surface area contributed by atoms with Crippen molar-refractivity contribution in [3.8, 4) is 0 Å². The van der Waals surface area contributed by atoms with E-state index in [1.54, 1.807) is 0 Å². The van der Waals surface area contributed by atoms with Crippen LogP contribution in [0.25, 0.3) is 0 Å². The zero-order valence-electron chi connectivity index (χ0n) is 12.3. The summed E-state index contributed by atoms with van der Waals surface area (Å²) in [6, 6.07) is 9.58. The summed E-state index contributed by atoms with van der Waals surface area (Å²) < 4.78 is 0. The molecule has 1 aromatic rings. The molecule has 2 aliphatic carbocycles. The van der Waals surface area contributed by atoms with E-state index in [-0.39, 0.29) is 0 Å². The lowest BCUT2D eigenvalue weighted by molar-refractivity contribution is 0.0571. The van der Waals surface area contributed by atoms with E-state index in [4.69, 9.17) is 0 Å². The highest BCUT2D eigenvalue weighted by Crippen LogP contribution is 2.52. The Bertz CT molecular complexity index is 415. The molecule has 0 bridgehead atoms. The predicted molar refractivity (Wildman–Crippen MR) is 82.9 cm³/mol. The van der Waals surface area contributed by atoms with Crippen LogP contribution in [0.1, 0.15) is 44.9 Å². The van der Waals surface area contributed by atoms with Gasteiger partial charge in [0, 0.05) is 31.5 Å². The van der Waals surface area contributed by atoms with Crippen molar-refractivity contribution in [2.45, 2.75) is 51.0 Å². The molecule has 2 fully saturated rings. The summed E-state index contributed by atoms with van der Waals surface area (Å²) in [6.07, 6.45) is 10.0. The van der Waals surface area contributed by atoms with Crippen molar-refractivity contribution in [1.29, 1.82) is 0 Å². The first-order valence-electron chi connectivity index (χ1n) is 7.74. The van der Waals surface area contributed by atoms with Gasteiger partial charge in [0.25, 0.3) is 0 Å². The Morgan fingerprint density at radius 3 is 2.21 bits per heavy atom. The third-order valence-corrected chi connectivity index (χ3v) is 5.24. The molecular weight excluding hydrogens is 232 g/mol. The van der Waals surface area contributed by atoms with Crippen LogP contribution >= 0.6 is 0 Å². The molecule has 2 heteroatoms. The fraction of sp³-hybridized carbons (Fsp3) is 0.647. The lowest BCUT2D eigenvalue weighted by Gasteiger charge is -2.52. The van der Waals surface area contributed by atoms with Gasteiger partial charge in [-0.1, -0.05) is 19.3 Å². The lowest BCUT2D eigenvalue weighted by atomic mass is 9.57. The summed E-state index contributed by atoms with van der Waals surface area (Å²) in [5, 5.41) is 3.79. The molecule has 0 radical (unpaired) electrons. The second kappa shape index (κ2) is 5.07. The first-order valence-corrected chi connectivity index (χ1v) is 7.74. The molecule has 104 valence electrons. The summed E-state index contributed by atoms with van der Waals surface area (Å²) in [5.74, 6) is 0. The molecule has 1 atom stereocenters. The zero-order chi connectivity index (χ0) is 13.3. The topological polar surface area (TPSA) is 15.3 Å². The normalized spacial score (nSPS) is 24.8. The van der Waals surface area contributed by atoms with E-state index in [0.29, 0.717) is 5.41 Å². The standard InChI is InChI=1S/C17H26N2/c1-19(2)15-8-6-14(7-9-15)18-16-10-13-17(16)11-4-3-5-12-17/h6-9,16,18H,3-5,10-13H2,1-2H3. The van der Waals surface area contributed by atoms with Gasteiger partial charge in [0.2, 0.25) is 0 Å². The predicted octanol–water partition coefficient (Wildman–Crippen LogP) is 4.28. The van der Waals surface area contributed by atoms with Crippen molar-refractivity contribution >= 4 is 11.4 Å². The number of nitrogens with zero attached hydrogens (tertiary/aromatic N) is 1. The van der Waals surface area contributed by atoms with Crippen molar-refractivity contribution in [3.63, 3.8) is 0 Å². The molecule has 0 heterocycles. The van der Waals surface area contributed by atoms with Crippen LogP contribution in [0.5, 0.6) is 0 Å². The number of anilines is 2. The van der Waals surface area contributed by atoms with Gasteiger partial charge in [-0.25, -0.2) is 0 Å². The lowest BCUT2D eigenvalue weighted by Crippen LogP contribution is -2.50. The average molecular weight is 258 g/mol. The van der Waals surface area contributed by atoms with Crippen LogP contribution in [0.4, 0.5) is 11.4 Å². The van der Waals surface area contributed by atoms with E-state index in [1.165, 1.54) is 56.3 Å². The first kappa shape index (κ1) is 12.8. The molecule has 1 aromatic carbocycles. The third kappa shape index (κ3) is 2.45. The van der Waals surface area contributed by atoms with Crippen molar-refractivity contribution in [2.75, 3.05) is 24.3 Å². The molecule has 1 N–H and O–H groups in total. The molecular formula is C17H26N2. The van der Waals surface area contributed by atoms with Gasteiger partial charge in [0.1, 0.15) is 0 Å². The van der Waals surface area contributed by atoms with Gasteiger partial charge in [-0.3, -0.25) is 0 Å². The fourth-order valence-electron chi connectivity index (χ4n) is 3.83. The monoisotopic (exact) mass is 258 g/mol. The molecule has 2 aliphatic rings. The molecule has 2 saturated carbocycles. The first-order chi connectivity index (χ1) is 9.20. The minimum Gasteiger partial charge on any atom is -0.382 e. The second-order valence-corrected chi connectivity index (χ2v) is 6.60. The van der Waals surface area contributed by atoms with Gasteiger partial charge < -0.3 is 10.2 Å². The second-order valence-electron chi connectivity index (χ2n) is 6.60. The Morgan fingerprint density at radius 2 is 1.68 bits per heavy atom. The summed E-state index contributed by atoms with van der Waals surface area (Å²) in [7, 11) is 4.18. The van der Waals surface area contributed by atoms with Gasteiger partial charge in [0.15, 0.2) is 0 Å². The Labute approximate surface area is 117 Å². The molecule has 2 nitrogen and oxygen atoms in total. The Kier molecular flexibility index (Phi) is 3.42. The van der Waals surface area contributed by atoms with Crippen LogP contribution in [-0.2, 0) is 0 Å². The van der Waals surface area contributed by atoms with Crippen LogP contribution < -0.4 is 10.2 Å². The Morgan fingerprint density at radius 1 is 1.00 bits per heavy atom. The summed E-state index contributed by atoms with van der Waals surface area (Å²) in [4.78, 5) is 2.15. The highest BCUT2D eigenvalue weighted by molar-refractivity contribution is 5.55. The minimum atomic E-state index is 0.637. The average Bonchev–Trinajstić information content (AvgIpc) is 2.45. The van der Waals surface area contributed by atoms with Gasteiger partial charge in [-0.15, -0.1) is 0 Å². The molecule has 19 heavy (non-hydrogen) atoms. The van der Waals surface area contributed by atoms with E-state index in [0.717, 1.165) is 6.04 Å². The molecule has 0 aliphatic heterocycles. The zero-order valence-corrected chi connectivity index (χ0v) is 12.3.